The van der Waals surface area contributed by atoms with Crippen LogP contribution in [0.1, 0.15) is 32.3 Å². The second kappa shape index (κ2) is 8.16. The predicted molar refractivity (Wildman–Crippen MR) is 91.8 cm³/mol. The van der Waals surface area contributed by atoms with Gasteiger partial charge in [-0.05, 0) is 50.0 Å². The van der Waals surface area contributed by atoms with Crippen LogP contribution < -0.4 is 10.1 Å². The van der Waals surface area contributed by atoms with Crippen molar-refractivity contribution < 1.29 is 4.74 Å². The summed E-state index contributed by atoms with van der Waals surface area (Å²) in [5, 5.41) is 3.60. The third-order valence-corrected chi connectivity index (χ3v) is 4.54. The lowest BCUT2D eigenvalue weighted by atomic mass is 10.1. The molecule has 3 nitrogen and oxygen atoms in total. The number of nitrogens with zero attached hydrogens (tertiary/aromatic N) is 1. The average molecular weight is 355 g/mol. The van der Waals surface area contributed by atoms with Gasteiger partial charge in [0, 0.05) is 29.2 Å². The van der Waals surface area contributed by atoms with Gasteiger partial charge in [-0.1, -0.05) is 29.8 Å². The van der Waals surface area contributed by atoms with Gasteiger partial charge in [0.2, 0.25) is 0 Å². The molecular weight excluding hydrogens is 328 g/mol. The minimum absolute atomic E-state index is 0.646. The molecule has 0 aliphatic carbocycles. The maximum atomic E-state index is 5.50. The Morgan fingerprint density at radius 3 is 2.95 bits per heavy atom. The minimum atomic E-state index is 0.646. The molecule has 0 saturated carbocycles. The van der Waals surface area contributed by atoms with Crippen molar-refractivity contribution in [3.8, 4) is 5.75 Å². The summed E-state index contributed by atoms with van der Waals surface area (Å²) in [5.74, 6) is 1.70. The molecule has 21 heavy (non-hydrogen) atoms. The van der Waals surface area contributed by atoms with Crippen LogP contribution in [0.15, 0.2) is 22.7 Å². The monoisotopic (exact) mass is 354 g/mol. The van der Waals surface area contributed by atoms with Gasteiger partial charge in [0.15, 0.2) is 0 Å². The number of hydrogen-bond acceptors (Lipinski definition) is 3. The van der Waals surface area contributed by atoms with Gasteiger partial charge in [-0.15, -0.1) is 0 Å². The van der Waals surface area contributed by atoms with Crippen molar-refractivity contribution in [1.82, 2.24) is 10.2 Å². The van der Waals surface area contributed by atoms with Gasteiger partial charge in [0.1, 0.15) is 5.75 Å². The van der Waals surface area contributed by atoms with Crippen LogP contribution in [0.3, 0.4) is 0 Å². The fourth-order valence-electron chi connectivity index (χ4n) is 2.96. The number of nitrogens with one attached hydrogen (secondary N) is 1. The number of halogens is 1. The molecule has 1 unspecified atom stereocenters. The molecule has 1 atom stereocenters. The molecule has 4 heteroatoms. The van der Waals surface area contributed by atoms with E-state index >= 15 is 0 Å². The Labute approximate surface area is 137 Å². The fraction of sp³-hybridized carbons (Fsp3) is 0.647. The lowest BCUT2D eigenvalue weighted by Gasteiger charge is -2.26. The van der Waals surface area contributed by atoms with E-state index in [-0.39, 0.29) is 0 Å². The highest BCUT2D eigenvalue weighted by atomic mass is 79.9. The zero-order chi connectivity index (χ0) is 15.2. The van der Waals surface area contributed by atoms with Gasteiger partial charge in [-0.2, -0.15) is 0 Å². The van der Waals surface area contributed by atoms with E-state index in [2.05, 4.69) is 46.1 Å². The Balaban J connectivity index is 1.96. The first kappa shape index (κ1) is 16.8. The van der Waals surface area contributed by atoms with Crippen LogP contribution >= 0.6 is 15.9 Å². The van der Waals surface area contributed by atoms with Crippen LogP contribution in [-0.4, -0.2) is 37.7 Å². The third-order valence-electron chi connectivity index (χ3n) is 4.05. The zero-order valence-electron chi connectivity index (χ0n) is 13.4. The molecule has 1 heterocycles. The van der Waals surface area contributed by atoms with Crippen molar-refractivity contribution in [3.05, 3.63) is 28.2 Å². The summed E-state index contributed by atoms with van der Waals surface area (Å²) >= 11 is 3.56. The Bertz CT molecular complexity index is 450. The van der Waals surface area contributed by atoms with E-state index in [9.17, 15) is 0 Å². The Morgan fingerprint density at radius 2 is 2.24 bits per heavy atom. The van der Waals surface area contributed by atoms with E-state index in [1.54, 1.807) is 7.11 Å². The normalized spacial score (nSPS) is 19.4. The third kappa shape index (κ3) is 4.97. The molecule has 0 radical (unpaired) electrons. The molecule has 0 bridgehead atoms. The SMILES string of the molecule is COc1ccc(Br)cc1CN1CCCC1CNCC(C)C. The molecule has 1 N–H and O–H groups in total. The maximum Gasteiger partial charge on any atom is 0.123 e. The van der Waals surface area contributed by atoms with E-state index < -0.39 is 0 Å². The van der Waals surface area contributed by atoms with Gasteiger partial charge in [0.25, 0.3) is 0 Å². The lowest BCUT2D eigenvalue weighted by molar-refractivity contribution is 0.234. The molecule has 118 valence electrons. The second-order valence-corrected chi connectivity index (χ2v) is 7.19. The largest absolute Gasteiger partial charge is 0.496 e. The Hall–Kier alpha value is -0.580. The highest BCUT2D eigenvalue weighted by Gasteiger charge is 2.25. The number of ether oxygens (including phenoxy) is 1. The first-order valence-electron chi connectivity index (χ1n) is 7.87. The molecule has 1 fully saturated rings. The summed E-state index contributed by atoms with van der Waals surface area (Å²) in [6.45, 7) is 8.86. The molecule has 0 aromatic heterocycles. The molecule has 1 aliphatic heterocycles. The first-order valence-corrected chi connectivity index (χ1v) is 8.66. The number of rotatable bonds is 7. The van der Waals surface area contributed by atoms with E-state index in [0.29, 0.717) is 12.0 Å². The van der Waals surface area contributed by atoms with Gasteiger partial charge in [0.05, 0.1) is 7.11 Å². The van der Waals surface area contributed by atoms with Crippen molar-refractivity contribution in [2.45, 2.75) is 39.3 Å². The molecule has 1 aromatic rings. The highest BCUT2D eigenvalue weighted by molar-refractivity contribution is 9.10. The topological polar surface area (TPSA) is 24.5 Å². The summed E-state index contributed by atoms with van der Waals surface area (Å²) in [4.78, 5) is 2.58. The van der Waals surface area contributed by atoms with Gasteiger partial charge in [-0.3, -0.25) is 4.90 Å². The van der Waals surface area contributed by atoms with Crippen molar-refractivity contribution in [2.75, 3.05) is 26.7 Å². The minimum Gasteiger partial charge on any atom is -0.496 e. The van der Waals surface area contributed by atoms with Crippen molar-refractivity contribution >= 4 is 15.9 Å². The zero-order valence-corrected chi connectivity index (χ0v) is 14.9. The van der Waals surface area contributed by atoms with Crippen molar-refractivity contribution in [2.24, 2.45) is 5.92 Å². The van der Waals surface area contributed by atoms with Crippen molar-refractivity contribution in [1.29, 1.82) is 0 Å². The van der Waals surface area contributed by atoms with Crippen LogP contribution in [0.2, 0.25) is 0 Å². The van der Waals surface area contributed by atoms with E-state index in [0.717, 1.165) is 29.9 Å². The summed E-state index contributed by atoms with van der Waals surface area (Å²) < 4.78 is 6.61. The van der Waals surface area contributed by atoms with Crippen LogP contribution in [0, 0.1) is 5.92 Å². The maximum absolute atomic E-state index is 5.50. The molecule has 1 saturated heterocycles. The summed E-state index contributed by atoms with van der Waals surface area (Å²) in [6.07, 6.45) is 2.59. The fourth-order valence-corrected chi connectivity index (χ4v) is 3.37. The number of hydrogen-bond donors (Lipinski definition) is 1. The van der Waals surface area contributed by atoms with Gasteiger partial charge >= 0.3 is 0 Å². The Morgan fingerprint density at radius 1 is 1.43 bits per heavy atom. The van der Waals surface area contributed by atoms with Crippen LogP contribution in [0.4, 0.5) is 0 Å². The summed E-state index contributed by atoms with van der Waals surface area (Å²) in [7, 11) is 1.75. The molecule has 0 amide bonds. The van der Waals surface area contributed by atoms with Crippen LogP contribution in [0.5, 0.6) is 5.75 Å². The highest BCUT2D eigenvalue weighted by Crippen LogP contribution is 2.27. The molecular formula is C17H27BrN2O. The second-order valence-electron chi connectivity index (χ2n) is 6.27. The molecule has 1 aromatic carbocycles. The van der Waals surface area contributed by atoms with Gasteiger partial charge < -0.3 is 10.1 Å². The summed E-state index contributed by atoms with van der Waals surface area (Å²) in [5.41, 5.74) is 1.27. The number of methoxy groups -OCH3 is 1. The Kier molecular flexibility index (Phi) is 6.52. The standard InChI is InChI=1S/C17H27BrN2O/c1-13(2)10-19-11-16-5-4-8-20(16)12-14-9-15(18)6-7-17(14)21-3/h6-7,9,13,16,19H,4-5,8,10-12H2,1-3H3. The number of likely N-dealkylation sites (tertiary alicyclic amines) is 1. The van der Waals surface area contributed by atoms with Crippen LogP contribution in [-0.2, 0) is 6.54 Å². The van der Waals surface area contributed by atoms with E-state index in [4.69, 9.17) is 4.74 Å². The van der Waals surface area contributed by atoms with E-state index in [1.807, 2.05) is 12.1 Å². The lowest BCUT2D eigenvalue weighted by Crippen LogP contribution is -2.38. The van der Waals surface area contributed by atoms with E-state index in [1.165, 1.54) is 24.9 Å². The molecule has 1 aliphatic rings. The number of benzene rings is 1. The average Bonchev–Trinajstić information content (AvgIpc) is 2.86. The molecule has 0 spiro atoms. The van der Waals surface area contributed by atoms with Crippen molar-refractivity contribution in [3.63, 3.8) is 0 Å². The first-order chi connectivity index (χ1) is 10.1. The molecule has 2 rings (SSSR count). The van der Waals surface area contributed by atoms with Crippen LogP contribution in [0.25, 0.3) is 0 Å². The quantitative estimate of drug-likeness (QED) is 0.808. The predicted octanol–water partition coefficient (Wildman–Crippen LogP) is 3.67. The smallest absolute Gasteiger partial charge is 0.123 e. The summed E-state index contributed by atoms with van der Waals surface area (Å²) in [6, 6.07) is 6.90. The van der Waals surface area contributed by atoms with Gasteiger partial charge in [-0.25, -0.2) is 0 Å².